The van der Waals surface area contributed by atoms with E-state index in [1.165, 1.54) is 5.56 Å². The van der Waals surface area contributed by atoms with Crippen LogP contribution in [0.3, 0.4) is 0 Å². The smallest absolute Gasteiger partial charge is 0.226 e. The van der Waals surface area contributed by atoms with Crippen LogP contribution in [0.15, 0.2) is 91.0 Å². The second kappa shape index (κ2) is 12.0. The lowest BCUT2D eigenvalue weighted by Crippen LogP contribution is -2.33. The van der Waals surface area contributed by atoms with Crippen LogP contribution in [0.1, 0.15) is 37.4 Å². The van der Waals surface area contributed by atoms with E-state index < -0.39 is 0 Å². The summed E-state index contributed by atoms with van der Waals surface area (Å²) in [6, 6.07) is 29.8. The number of carbonyl (C=O) groups excluding carboxylic acids is 2. The molecule has 1 atom stereocenters. The van der Waals surface area contributed by atoms with Crippen LogP contribution in [-0.2, 0) is 16.0 Å². The Morgan fingerprint density at radius 3 is 2.08 bits per heavy atom. The van der Waals surface area contributed by atoms with Gasteiger partial charge in [-0.25, -0.2) is 4.68 Å². The van der Waals surface area contributed by atoms with Crippen molar-refractivity contribution in [3.8, 4) is 16.8 Å². The van der Waals surface area contributed by atoms with E-state index in [1.54, 1.807) is 4.68 Å². The second-order valence-electron chi connectivity index (χ2n) is 8.96. The molecule has 0 radical (unpaired) electrons. The van der Waals surface area contributed by atoms with E-state index in [9.17, 15) is 9.59 Å². The van der Waals surface area contributed by atoms with Crippen molar-refractivity contribution in [2.45, 2.75) is 45.6 Å². The van der Waals surface area contributed by atoms with Crippen LogP contribution in [0.4, 0.5) is 5.82 Å². The molecule has 0 saturated carbocycles. The molecule has 0 spiro atoms. The number of nitrogens with one attached hydrogen (secondary N) is 2. The first kappa shape index (κ1) is 24.9. The number of rotatable bonds is 10. The quantitative estimate of drug-likeness (QED) is 0.306. The van der Waals surface area contributed by atoms with Crippen molar-refractivity contribution < 1.29 is 9.59 Å². The van der Waals surface area contributed by atoms with Gasteiger partial charge in [0.2, 0.25) is 11.8 Å². The molecule has 0 aliphatic carbocycles. The molecule has 2 N–H and O–H groups in total. The number of aryl methyl sites for hydroxylation is 2. The number of hydrogen-bond acceptors (Lipinski definition) is 3. The lowest BCUT2D eigenvalue weighted by molar-refractivity contribution is -0.124. The normalized spacial score (nSPS) is 11.6. The topological polar surface area (TPSA) is 76.0 Å². The van der Waals surface area contributed by atoms with Crippen molar-refractivity contribution in [2.75, 3.05) is 5.32 Å². The molecule has 3 aromatic carbocycles. The molecule has 1 heterocycles. The standard InChI is InChI=1S/C30H32N4O2/c1-22(18-19-24-12-6-3-7-13-24)31-27(35)20-21-28(36)32-30-29(25-14-8-4-9-15-25)23(2)33-34(30)26-16-10-5-11-17-26/h3-17,22H,18-21H2,1-2H3,(H,31,35)(H,32,36). The number of carbonyl (C=O) groups is 2. The highest BCUT2D eigenvalue weighted by Crippen LogP contribution is 2.33. The molecule has 0 aliphatic rings. The second-order valence-corrected chi connectivity index (χ2v) is 8.96. The van der Waals surface area contributed by atoms with Crippen molar-refractivity contribution in [3.63, 3.8) is 0 Å². The summed E-state index contributed by atoms with van der Waals surface area (Å²) < 4.78 is 1.75. The minimum atomic E-state index is -0.226. The van der Waals surface area contributed by atoms with Crippen LogP contribution in [0.2, 0.25) is 0 Å². The van der Waals surface area contributed by atoms with Gasteiger partial charge < -0.3 is 10.6 Å². The molecule has 36 heavy (non-hydrogen) atoms. The minimum Gasteiger partial charge on any atom is -0.354 e. The van der Waals surface area contributed by atoms with Gasteiger partial charge in [0.15, 0.2) is 0 Å². The maximum absolute atomic E-state index is 13.0. The van der Waals surface area contributed by atoms with Gasteiger partial charge in [-0.2, -0.15) is 5.10 Å². The van der Waals surface area contributed by atoms with E-state index in [2.05, 4.69) is 22.8 Å². The Morgan fingerprint density at radius 1 is 0.833 bits per heavy atom. The summed E-state index contributed by atoms with van der Waals surface area (Å²) in [6.45, 7) is 3.93. The van der Waals surface area contributed by atoms with E-state index in [-0.39, 0.29) is 30.7 Å². The number of benzene rings is 3. The third kappa shape index (κ3) is 6.48. The molecule has 4 rings (SSSR count). The predicted molar refractivity (Wildman–Crippen MR) is 144 cm³/mol. The number of para-hydroxylation sites is 1. The number of aromatic nitrogens is 2. The molecule has 0 fully saturated rings. The number of amides is 2. The van der Waals surface area contributed by atoms with Crippen LogP contribution < -0.4 is 10.6 Å². The van der Waals surface area contributed by atoms with Crippen molar-refractivity contribution in [1.29, 1.82) is 0 Å². The summed E-state index contributed by atoms with van der Waals surface area (Å²) in [4.78, 5) is 25.5. The zero-order valence-corrected chi connectivity index (χ0v) is 20.8. The summed E-state index contributed by atoms with van der Waals surface area (Å²) in [6.07, 6.45) is 1.96. The van der Waals surface area contributed by atoms with Crippen molar-refractivity contribution in [3.05, 3.63) is 102 Å². The predicted octanol–water partition coefficient (Wildman–Crippen LogP) is 5.70. The summed E-state index contributed by atoms with van der Waals surface area (Å²) in [5, 5.41) is 10.8. The highest BCUT2D eigenvalue weighted by molar-refractivity contribution is 5.97. The van der Waals surface area contributed by atoms with Crippen LogP contribution in [-0.4, -0.2) is 27.6 Å². The van der Waals surface area contributed by atoms with Gasteiger partial charge in [0, 0.05) is 24.4 Å². The van der Waals surface area contributed by atoms with Gasteiger partial charge in [-0.1, -0.05) is 78.9 Å². The van der Waals surface area contributed by atoms with Crippen LogP contribution >= 0.6 is 0 Å². The summed E-state index contributed by atoms with van der Waals surface area (Å²) in [5.74, 6) is 0.254. The molecule has 6 nitrogen and oxygen atoms in total. The summed E-state index contributed by atoms with van der Waals surface area (Å²) in [7, 11) is 0. The number of anilines is 1. The van der Waals surface area contributed by atoms with E-state index >= 15 is 0 Å². The highest BCUT2D eigenvalue weighted by Gasteiger charge is 2.20. The molecule has 184 valence electrons. The van der Waals surface area contributed by atoms with Crippen molar-refractivity contribution in [1.82, 2.24) is 15.1 Å². The Bertz CT molecular complexity index is 1280. The maximum Gasteiger partial charge on any atom is 0.226 e. The van der Waals surface area contributed by atoms with Gasteiger partial charge >= 0.3 is 0 Å². The Morgan fingerprint density at radius 2 is 1.42 bits per heavy atom. The maximum atomic E-state index is 13.0. The van der Waals surface area contributed by atoms with Gasteiger partial charge in [-0.3, -0.25) is 9.59 Å². The largest absolute Gasteiger partial charge is 0.354 e. The molecule has 0 aliphatic heterocycles. The average molecular weight is 481 g/mol. The summed E-state index contributed by atoms with van der Waals surface area (Å²) >= 11 is 0. The Hall–Kier alpha value is -4.19. The molecule has 1 aromatic heterocycles. The van der Waals surface area contributed by atoms with E-state index in [1.807, 2.05) is 92.7 Å². The first-order chi connectivity index (χ1) is 17.5. The van der Waals surface area contributed by atoms with Crippen LogP contribution in [0.5, 0.6) is 0 Å². The summed E-state index contributed by atoms with van der Waals surface area (Å²) in [5.41, 5.74) is 4.75. The number of nitrogens with zero attached hydrogens (tertiary/aromatic N) is 2. The fraction of sp³-hybridized carbons (Fsp3) is 0.233. The SMILES string of the molecule is Cc1nn(-c2ccccc2)c(NC(=O)CCC(=O)NC(C)CCc2ccccc2)c1-c1ccccc1. The van der Waals surface area contributed by atoms with Gasteiger partial charge in [0.1, 0.15) is 5.82 Å². The van der Waals surface area contributed by atoms with Gasteiger partial charge in [0.05, 0.1) is 11.4 Å². The highest BCUT2D eigenvalue weighted by atomic mass is 16.2. The lowest BCUT2D eigenvalue weighted by atomic mass is 10.1. The fourth-order valence-corrected chi connectivity index (χ4v) is 4.22. The van der Waals surface area contributed by atoms with E-state index in [0.717, 1.165) is 35.3 Å². The van der Waals surface area contributed by atoms with E-state index in [0.29, 0.717) is 5.82 Å². The Balaban J connectivity index is 1.40. The Kier molecular flexibility index (Phi) is 8.29. The van der Waals surface area contributed by atoms with Crippen molar-refractivity contribution >= 4 is 17.6 Å². The monoisotopic (exact) mass is 480 g/mol. The third-order valence-electron chi connectivity index (χ3n) is 6.08. The van der Waals surface area contributed by atoms with Crippen LogP contribution in [0.25, 0.3) is 16.8 Å². The molecule has 2 amide bonds. The van der Waals surface area contributed by atoms with Gasteiger partial charge in [-0.05, 0) is 49.9 Å². The van der Waals surface area contributed by atoms with Gasteiger partial charge in [-0.15, -0.1) is 0 Å². The Labute approximate surface area is 212 Å². The molecule has 1 unspecified atom stereocenters. The number of hydrogen-bond donors (Lipinski definition) is 2. The molecule has 6 heteroatoms. The van der Waals surface area contributed by atoms with Gasteiger partial charge in [0.25, 0.3) is 0 Å². The van der Waals surface area contributed by atoms with Crippen molar-refractivity contribution in [2.24, 2.45) is 0 Å². The minimum absolute atomic E-state index is 0.0348. The zero-order valence-electron chi connectivity index (χ0n) is 20.8. The van der Waals surface area contributed by atoms with Crippen LogP contribution in [0, 0.1) is 6.92 Å². The third-order valence-corrected chi connectivity index (χ3v) is 6.08. The first-order valence-electron chi connectivity index (χ1n) is 12.3. The zero-order chi connectivity index (χ0) is 25.3. The lowest BCUT2D eigenvalue weighted by Gasteiger charge is -2.14. The average Bonchev–Trinajstić information content (AvgIpc) is 3.23. The molecular formula is C30H32N4O2. The fourth-order valence-electron chi connectivity index (χ4n) is 4.22. The molecule has 4 aromatic rings. The molecular weight excluding hydrogens is 448 g/mol. The van der Waals surface area contributed by atoms with E-state index in [4.69, 9.17) is 5.10 Å². The first-order valence-corrected chi connectivity index (χ1v) is 12.3. The molecule has 0 bridgehead atoms. The molecule has 0 saturated heterocycles.